The van der Waals surface area contributed by atoms with Crippen LogP contribution in [0.3, 0.4) is 0 Å². The number of hydrogen-bond acceptors (Lipinski definition) is 3. The van der Waals surface area contributed by atoms with Crippen LogP contribution in [-0.2, 0) is 6.54 Å². The Morgan fingerprint density at radius 3 is 2.72 bits per heavy atom. The highest BCUT2D eigenvalue weighted by Crippen LogP contribution is 2.31. The van der Waals surface area contributed by atoms with Gasteiger partial charge in [-0.1, -0.05) is 13.8 Å². The van der Waals surface area contributed by atoms with Crippen LogP contribution >= 0.6 is 0 Å². The standard InChI is InChI=1S/C14H20N2O2/c1-9-3-6-13(10(9)2)16-8-12-5-4-11(7-15-12)14(17)18/h4-5,7,9-10,13,16H,3,6,8H2,1-2H3,(H,17,18). The van der Waals surface area contributed by atoms with Crippen LogP contribution in [0.4, 0.5) is 0 Å². The normalized spacial score (nSPS) is 27.3. The average molecular weight is 248 g/mol. The van der Waals surface area contributed by atoms with Crippen molar-refractivity contribution < 1.29 is 9.90 Å². The fourth-order valence-electron chi connectivity index (χ4n) is 2.54. The number of carboxylic acid groups (broad SMARTS) is 1. The summed E-state index contributed by atoms with van der Waals surface area (Å²) in [6.07, 6.45) is 3.92. The van der Waals surface area contributed by atoms with Crippen LogP contribution in [0, 0.1) is 11.8 Å². The predicted molar refractivity (Wildman–Crippen MR) is 69.4 cm³/mol. The maximum Gasteiger partial charge on any atom is 0.337 e. The van der Waals surface area contributed by atoms with Gasteiger partial charge in [0.2, 0.25) is 0 Å². The number of aromatic carboxylic acids is 1. The lowest BCUT2D eigenvalue weighted by Crippen LogP contribution is -2.32. The van der Waals surface area contributed by atoms with Gasteiger partial charge in [-0.05, 0) is 36.8 Å². The van der Waals surface area contributed by atoms with Crippen LogP contribution < -0.4 is 5.32 Å². The zero-order valence-corrected chi connectivity index (χ0v) is 10.9. The topological polar surface area (TPSA) is 62.2 Å². The average Bonchev–Trinajstić information content (AvgIpc) is 2.68. The summed E-state index contributed by atoms with van der Waals surface area (Å²) in [6.45, 7) is 5.30. The lowest BCUT2D eigenvalue weighted by molar-refractivity contribution is 0.0696. The molecule has 0 amide bonds. The maximum atomic E-state index is 10.7. The largest absolute Gasteiger partial charge is 0.478 e. The molecule has 0 bridgehead atoms. The van der Waals surface area contributed by atoms with Crippen molar-refractivity contribution in [1.82, 2.24) is 10.3 Å². The molecule has 1 aliphatic rings. The van der Waals surface area contributed by atoms with Crippen LogP contribution in [0.5, 0.6) is 0 Å². The molecule has 0 saturated heterocycles. The first kappa shape index (κ1) is 13.0. The third kappa shape index (κ3) is 2.88. The Bertz CT molecular complexity index is 416. The van der Waals surface area contributed by atoms with E-state index in [-0.39, 0.29) is 5.56 Å². The van der Waals surface area contributed by atoms with Gasteiger partial charge in [0.25, 0.3) is 0 Å². The van der Waals surface area contributed by atoms with Gasteiger partial charge in [0.05, 0.1) is 11.3 Å². The Kier molecular flexibility index (Phi) is 3.97. The molecule has 3 atom stereocenters. The Balaban J connectivity index is 1.89. The van der Waals surface area contributed by atoms with E-state index >= 15 is 0 Å². The summed E-state index contributed by atoms with van der Waals surface area (Å²) in [5.74, 6) is 0.549. The molecule has 0 aromatic carbocycles. The number of nitrogens with one attached hydrogen (secondary N) is 1. The van der Waals surface area contributed by atoms with Gasteiger partial charge in [0, 0.05) is 18.8 Å². The summed E-state index contributed by atoms with van der Waals surface area (Å²) in [5.41, 5.74) is 1.13. The van der Waals surface area contributed by atoms with E-state index in [9.17, 15) is 4.79 Å². The van der Waals surface area contributed by atoms with Crippen molar-refractivity contribution in [3.63, 3.8) is 0 Å². The van der Waals surface area contributed by atoms with Gasteiger partial charge in [0.15, 0.2) is 0 Å². The Labute approximate surface area is 107 Å². The molecule has 0 aliphatic heterocycles. The van der Waals surface area contributed by atoms with Crippen molar-refractivity contribution in [2.75, 3.05) is 0 Å². The van der Waals surface area contributed by atoms with E-state index in [1.165, 1.54) is 19.0 Å². The summed E-state index contributed by atoms with van der Waals surface area (Å²) >= 11 is 0. The van der Waals surface area contributed by atoms with Gasteiger partial charge in [-0.15, -0.1) is 0 Å². The fraction of sp³-hybridized carbons (Fsp3) is 0.571. The van der Waals surface area contributed by atoms with Gasteiger partial charge >= 0.3 is 5.97 Å². The molecule has 18 heavy (non-hydrogen) atoms. The van der Waals surface area contributed by atoms with E-state index in [0.717, 1.165) is 11.6 Å². The van der Waals surface area contributed by atoms with Crippen LogP contribution in [-0.4, -0.2) is 22.1 Å². The number of carboxylic acids is 1. The van der Waals surface area contributed by atoms with Gasteiger partial charge in [-0.3, -0.25) is 4.98 Å². The minimum Gasteiger partial charge on any atom is -0.478 e. The van der Waals surface area contributed by atoms with Gasteiger partial charge < -0.3 is 10.4 Å². The van der Waals surface area contributed by atoms with E-state index in [2.05, 4.69) is 24.1 Å². The number of aromatic nitrogens is 1. The molecule has 3 unspecified atom stereocenters. The molecule has 4 heteroatoms. The Morgan fingerprint density at radius 2 is 2.22 bits per heavy atom. The van der Waals surface area contributed by atoms with Crippen molar-refractivity contribution in [3.8, 4) is 0 Å². The van der Waals surface area contributed by atoms with Gasteiger partial charge in [-0.25, -0.2) is 4.79 Å². The van der Waals surface area contributed by atoms with Crippen molar-refractivity contribution in [1.29, 1.82) is 0 Å². The molecular formula is C14H20N2O2. The lowest BCUT2D eigenvalue weighted by Gasteiger charge is -2.19. The van der Waals surface area contributed by atoms with Crippen molar-refractivity contribution in [2.24, 2.45) is 11.8 Å². The highest BCUT2D eigenvalue weighted by molar-refractivity contribution is 5.87. The first-order valence-electron chi connectivity index (χ1n) is 6.49. The second kappa shape index (κ2) is 5.48. The summed E-state index contributed by atoms with van der Waals surface area (Å²) in [5, 5.41) is 12.3. The number of rotatable bonds is 4. The van der Waals surface area contributed by atoms with Crippen molar-refractivity contribution >= 4 is 5.97 Å². The number of pyridine rings is 1. The SMILES string of the molecule is CC1CCC(NCc2ccc(C(=O)O)cn2)C1C. The highest BCUT2D eigenvalue weighted by Gasteiger charge is 2.29. The lowest BCUT2D eigenvalue weighted by atomic mass is 9.98. The van der Waals surface area contributed by atoms with Crippen LogP contribution in [0.2, 0.25) is 0 Å². The van der Waals surface area contributed by atoms with Gasteiger partial charge in [0.1, 0.15) is 0 Å². The van der Waals surface area contributed by atoms with E-state index in [0.29, 0.717) is 18.5 Å². The van der Waals surface area contributed by atoms with E-state index in [4.69, 9.17) is 5.11 Å². The molecule has 0 radical (unpaired) electrons. The third-order valence-corrected chi connectivity index (χ3v) is 4.08. The molecule has 2 N–H and O–H groups in total. The molecular weight excluding hydrogens is 228 g/mol. The van der Waals surface area contributed by atoms with Crippen LogP contribution in [0.25, 0.3) is 0 Å². The Morgan fingerprint density at radius 1 is 1.44 bits per heavy atom. The smallest absolute Gasteiger partial charge is 0.337 e. The van der Waals surface area contributed by atoms with E-state index < -0.39 is 5.97 Å². The molecule has 1 saturated carbocycles. The monoisotopic (exact) mass is 248 g/mol. The van der Waals surface area contributed by atoms with Crippen LogP contribution in [0.1, 0.15) is 42.7 Å². The minimum atomic E-state index is -0.930. The number of carbonyl (C=O) groups is 1. The number of nitrogens with zero attached hydrogens (tertiary/aromatic N) is 1. The molecule has 1 aliphatic carbocycles. The molecule has 98 valence electrons. The fourth-order valence-corrected chi connectivity index (χ4v) is 2.54. The molecule has 0 spiro atoms. The second-order valence-corrected chi connectivity index (χ2v) is 5.24. The molecule has 4 nitrogen and oxygen atoms in total. The third-order valence-electron chi connectivity index (χ3n) is 4.08. The Hall–Kier alpha value is -1.42. The summed E-state index contributed by atoms with van der Waals surface area (Å²) in [6, 6.07) is 3.94. The zero-order chi connectivity index (χ0) is 13.1. The predicted octanol–water partition coefficient (Wildman–Crippen LogP) is 2.30. The first-order chi connectivity index (χ1) is 8.58. The molecule has 2 rings (SSSR count). The molecule has 1 aromatic heterocycles. The zero-order valence-electron chi connectivity index (χ0n) is 10.9. The molecule has 1 heterocycles. The number of hydrogen-bond donors (Lipinski definition) is 2. The maximum absolute atomic E-state index is 10.7. The van der Waals surface area contributed by atoms with Crippen LogP contribution in [0.15, 0.2) is 18.3 Å². The minimum absolute atomic E-state index is 0.238. The van der Waals surface area contributed by atoms with Crippen molar-refractivity contribution in [2.45, 2.75) is 39.3 Å². The van der Waals surface area contributed by atoms with Gasteiger partial charge in [-0.2, -0.15) is 0 Å². The first-order valence-corrected chi connectivity index (χ1v) is 6.49. The second-order valence-electron chi connectivity index (χ2n) is 5.24. The molecule has 1 aromatic rings. The quantitative estimate of drug-likeness (QED) is 0.858. The van der Waals surface area contributed by atoms with E-state index in [1.54, 1.807) is 12.1 Å². The van der Waals surface area contributed by atoms with E-state index in [1.807, 2.05) is 0 Å². The highest BCUT2D eigenvalue weighted by atomic mass is 16.4. The summed E-state index contributed by atoms with van der Waals surface area (Å²) in [7, 11) is 0. The summed E-state index contributed by atoms with van der Waals surface area (Å²) < 4.78 is 0. The summed E-state index contributed by atoms with van der Waals surface area (Å²) in [4.78, 5) is 14.9. The van der Waals surface area contributed by atoms with Crippen molar-refractivity contribution in [3.05, 3.63) is 29.6 Å². The molecule has 1 fully saturated rings.